The van der Waals surface area contributed by atoms with E-state index in [0.717, 1.165) is 34.2 Å². The molecular weight excluding hydrogens is 391 g/mol. The minimum Gasteiger partial charge on any atom is -0.264 e. The first-order chi connectivity index (χ1) is 12.7. The van der Waals surface area contributed by atoms with Crippen molar-refractivity contribution in [3.63, 3.8) is 0 Å². The van der Waals surface area contributed by atoms with Crippen LogP contribution in [0.3, 0.4) is 0 Å². The van der Waals surface area contributed by atoms with Crippen LogP contribution in [0.15, 0.2) is 30.5 Å². The lowest BCUT2D eigenvalue weighted by molar-refractivity contribution is -0.480. The van der Waals surface area contributed by atoms with E-state index in [4.69, 9.17) is 0 Å². The SMILES string of the molecule is CCn1nc(C(F)(F)F)cc1-c1cnc([N+](=O)Cc2c(F)cccc2F)s1. The molecule has 1 aromatic carbocycles. The highest BCUT2D eigenvalue weighted by molar-refractivity contribution is 7.18. The van der Waals surface area contributed by atoms with Crippen LogP contribution in [0.4, 0.5) is 27.1 Å². The maximum absolute atomic E-state index is 13.7. The number of hydrogen-bond acceptors (Lipinski definition) is 4. The molecule has 5 nitrogen and oxygen atoms in total. The zero-order valence-electron chi connectivity index (χ0n) is 13.8. The van der Waals surface area contributed by atoms with E-state index < -0.39 is 35.6 Å². The van der Waals surface area contributed by atoms with Crippen LogP contribution < -0.4 is 0 Å². The van der Waals surface area contributed by atoms with Gasteiger partial charge in [-0.05, 0) is 46.2 Å². The Morgan fingerprint density at radius 2 is 1.89 bits per heavy atom. The Labute approximate surface area is 153 Å². The molecule has 0 saturated carbocycles. The number of thiazole rings is 1. The van der Waals surface area contributed by atoms with E-state index >= 15 is 0 Å². The number of hydrogen-bond donors (Lipinski definition) is 0. The van der Waals surface area contributed by atoms with Gasteiger partial charge in [0.25, 0.3) is 0 Å². The molecule has 0 radical (unpaired) electrons. The molecule has 0 aliphatic heterocycles. The van der Waals surface area contributed by atoms with Gasteiger partial charge in [0.1, 0.15) is 16.5 Å². The molecule has 0 unspecified atom stereocenters. The Balaban J connectivity index is 1.89. The number of halogens is 5. The van der Waals surface area contributed by atoms with Crippen LogP contribution in [0, 0.1) is 16.5 Å². The quantitative estimate of drug-likeness (QED) is 0.448. The molecule has 27 heavy (non-hydrogen) atoms. The third-order valence-corrected chi connectivity index (χ3v) is 4.72. The Hall–Kier alpha value is -2.69. The van der Waals surface area contributed by atoms with Gasteiger partial charge in [-0.3, -0.25) is 4.68 Å². The van der Waals surface area contributed by atoms with Crippen molar-refractivity contribution in [2.45, 2.75) is 26.2 Å². The van der Waals surface area contributed by atoms with Gasteiger partial charge in [0, 0.05) is 6.54 Å². The number of nitrogens with zero attached hydrogens (tertiary/aromatic N) is 4. The number of aryl methyl sites for hydroxylation is 1. The van der Waals surface area contributed by atoms with Gasteiger partial charge in [0.15, 0.2) is 18.4 Å². The third kappa shape index (κ3) is 3.87. The van der Waals surface area contributed by atoms with Crippen LogP contribution in [0.1, 0.15) is 18.2 Å². The molecule has 0 aliphatic rings. The van der Waals surface area contributed by atoms with E-state index in [1.54, 1.807) is 6.92 Å². The molecule has 11 heteroatoms. The van der Waals surface area contributed by atoms with Crippen LogP contribution in [-0.4, -0.2) is 19.5 Å². The van der Waals surface area contributed by atoms with Crippen LogP contribution in [-0.2, 0) is 19.3 Å². The molecule has 0 N–H and O–H groups in total. The average molecular weight is 403 g/mol. The van der Waals surface area contributed by atoms with Crippen molar-refractivity contribution in [3.05, 3.63) is 58.3 Å². The summed E-state index contributed by atoms with van der Waals surface area (Å²) in [6, 6.07) is 4.09. The van der Waals surface area contributed by atoms with Crippen molar-refractivity contribution in [3.8, 4) is 10.6 Å². The number of benzene rings is 1. The van der Waals surface area contributed by atoms with Crippen molar-refractivity contribution in [1.29, 1.82) is 0 Å². The van der Waals surface area contributed by atoms with Gasteiger partial charge in [0.2, 0.25) is 0 Å². The summed E-state index contributed by atoms with van der Waals surface area (Å²) in [5.74, 6) is -1.74. The number of rotatable bonds is 5. The van der Waals surface area contributed by atoms with Crippen molar-refractivity contribution in [2.75, 3.05) is 0 Å². The summed E-state index contributed by atoms with van der Waals surface area (Å²) in [6.07, 6.45) is -3.37. The van der Waals surface area contributed by atoms with Crippen molar-refractivity contribution in [2.24, 2.45) is 0 Å². The number of alkyl halides is 3. The highest BCUT2D eigenvalue weighted by Crippen LogP contribution is 2.35. The molecule has 3 rings (SSSR count). The first kappa shape index (κ1) is 19.1. The number of aromatic nitrogens is 3. The molecule has 3 aromatic rings. The van der Waals surface area contributed by atoms with Gasteiger partial charge in [-0.1, -0.05) is 11.0 Å². The lowest BCUT2D eigenvalue weighted by Crippen LogP contribution is -2.07. The highest BCUT2D eigenvalue weighted by Gasteiger charge is 2.35. The van der Waals surface area contributed by atoms with Gasteiger partial charge in [-0.25, -0.2) is 8.78 Å². The maximum Gasteiger partial charge on any atom is 0.435 e. The monoisotopic (exact) mass is 403 g/mol. The van der Waals surface area contributed by atoms with Crippen molar-refractivity contribution < 1.29 is 26.7 Å². The zero-order chi connectivity index (χ0) is 19.8. The van der Waals surface area contributed by atoms with Gasteiger partial charge >= 0.3 is 11.3 Å². The topological polar surface area (TPSA) is 50.8 Å². The van der Waals surface area contributed by atoms with Crippen LogP contribution in [0.25, 0.3) is 10.6 Å². The van der Waals surface area contributed by atoms with E-state index in [1.165, 1.54) is 12.3 Å². The van der Waals surface area contributed by atoms with E-state index in [9.17, 15) is 26.9 Å². The molecule has 2 heterocycles. The van der Waals surface area contributed by atoms with E-state index in [-0.39, 0.29) is 27.0 Å². The molecule has 0 amide bonds. The van der Waals surface area contributed by atoms with E-state index in [0.29, 0.717) is 0 Å². The van der Waals surface area contributed by atoms with Crippen LogP contribution >= 0.6 is 11.3 Å². The fourth-order valence-electron chi connectivity index (χ4n) is 2.39. The van der Waals surface area contributed by atoms with Gasteiger partial charge in [0.05, 0.1) is 11.3 Å². The Kier molecular flexibility index (Phi) is 5.05. The van der Waals surface area contributed by atoms with E-state index in [2.05, 4.69) is 10.1 Å². The molecule has 0 spiro atoms. The molecule has 142 valence electrons. The van der Waals surface area contributed by atoms with Gasteiger partial charge in [-0.2, -0.15) is 18.3 Å². The van der Waals surface area contributed by atoms with Crippen LogP contribution in [0.5, 0.6) is 0 Å². The van der Waals surface area contributed by atoms with Crippen molar-refractivity contribution >= 4 is 16.5 Å². The summed E-state index contributed by atoms with van der Waals surface area (Å²) in [6.45, 7) is 1.19. The maximum atomic E-state index is 13.7. The summed E-state index contributed by atoms with van der Waals surface area (Å²) < 4.78 is 67.4. The Morgan fingerprint density at radius 3 is 2.48 bits per heavy atom. The summed E-state index contributed by atoms with van der Waals surface area (Å²) in [5.41, 5.74) is -1.32. The molecule has 0 fully saturated rings. The zero-order valence-corrected chi connectivity index (χ0v) is 14.6. The minimum atomic E-state index is -4.60. The molecular formula is C16H12F5N4OS+. The third-order valence-electron chi connectivity index (χ3n) is 3.69. The molecule has 2 aromatic heterocycles. The summed E-state index contributed by atoms with van der Waals surface area (Å²) in [4.78, 5) is 16.4. The first-order valence-electron chi connectivity index (χ1n) is 7.69. The predicted octanol–water partition coefficient (Wildman–Crippen LogP) is 4.93. The lowest BCUT2D eigenvalue weighted by atomic mass is 10.2. The number of nitroso groups, excluding NO2 is 1. The predicted molar refractivity (Wildman–Crippen MR) is 87.4 cm³/mol. The van der Waals surface area contributed by atoms with Crippen molar-refractivity contribution in [1.82, 2.24) is 14.8 Å². The molecule has 0 saturated heterocycles. The molecule has 0 aliphatic carbocycles. The largest absolute Gasteiger partial charge is 0.435 e. The molecule has 0 atom stereocenters. The highest BCUT2D eigenvalue weighted by atomic mass is 32.1. The van der Waals surface area contributed by atoms with Gasteiger partial charge < -0.3 is 0 Å². The summed E-state index contributed by atoms with van der Waals surface area (Å²) >= 11 is 0.808. The van der Waals surface area contributed by atoms with E-state index in [1.807, 2.05) is 0 Å². The Morgan fingerprint density at radius 1 is 1.22 bits per heavy atom. The van der Waals surface area contributed by atoms with Gasteiger partial charge in [-0.15, -0.1) is 0 Å². The Bertz CT molecular complexity index is 975. The minimum absolute atomic E-state index is 0.134. The second-order valence-corrected chi connectivity index (χ2v) is 6.48. The first-order valence-corrected chi connectivity index (χ1v) is 8.51. The summed E-state index contributed by atoms with van der Waals surface area (Å²) in [7, 11) is 0. The lowest BCUT2D eigenvalue weighted by Gasteiger charge is -2.01. The molecule has 0 bridgehead atoms. The fourth-order valence-corrected chi connectivity index (χ4v) is 3.23. The summed E-state index contributed by atoms with van der Waals surface area (Å²) in [5, 5.41) is 3.37. The smallest absolute Gasteiger partial charge is 0.264 e. The second kappa shape index (κ2) is 7.14. The normalized spacial score (nSPS) is 11.8. The average Bonchev–Trinajstić information content (AvgIpc) is 3.23. The second-order valence-electron chi connectivity index (χ2n) is 5.47. The fraction of sp³-hybridized carbons (Fsp3) is 0.250. The van der Waals surface area contributed by atoms with Crippen LogP contribution in [0.2, 0.25) is 0 Å². The standard InChI is InChI=1S/C16H12F5N4OS/c1-2-24-12(6-14(23-24)16(19,20)21)13-7-22-15(27-13)25(26)8-9-10(17)4-3-5-11(9)18/h3-7H,2,8H2,1H3/q+1.